The SMILES string of the molecule is CCn1nccc1C(=O)NC(C(=O)Nc1cc(C)c(C(C)C(=O)N(C)CC(F)(F)F)cc1F)C1CCCCC1. The van der Waals surface area contributed by atoms with Crippen LogP contribution in [0.15, 0.2) is 24.4 Å². The number of aryl methyl sites for hydroxylation is 2. The number of carbonyl (C=O) groups excluding carboxylic acids is 3. The largest absolute Gasteiger partial charge is 0.406 e. The average molecular weight is 554 g/mol. The topological polar surface area (TPSA) is 96.3 Å². The molecule has 1 fully saturated rings. The molecule has 8 nitrogen and oxygen atoms in total. The summed E-state index contributed by atoms with van der Waals surface area (Å²) in [7, 11) is 1.04. The minimum atomic E-state index is -4.56. The van der Waals surface area contributed by atoms with E-state index in [1.54, 1.807) is 13.0 Å². The first-order chi connectivity index (χ1) is 18.3. The van der Waals surface area contributed by atoms with E-state index < -0.39 is 48.2 Å². The highest BCUT2D eigenvalue weighted by molar-refractivity contribution is 6.01. The van der Waals surface area contributed by atoms with Crippen molar-refractivity contribution < 1.29 is 31.9 Å². The van der Waals surface area contributed by atoms with E-state index in [1.807, 2.05) is 6.92 Å². The van der Waals surface area contributed by atoms with Gasteiger partial charge in [-0.25, -0.2) is 4.39 Å². The highest BCUT2D eigenvalue weighted by Crippen LogP contribution is 2.30. The number of anilines is 1. The summed E-state index contributed by atoms with van der Waals surface area (Å²) in [5.74, 6) is -3.83. The predicted octanol–water partition coefficient (Wildman–Crippen LogP) is 4.79. The second kappa shape index (κ2) is 12.6. The lowest BCUT2D eigenvalue weighted by Gasteiger charge is -2.30. The van der Waals surface area contributed by atoms with E-state index in [0.717, 1.165) is 45.2 Å². The lowest BCUT2D eigenvalue weighted by molar-refractivity contribution is -0.159. The standard InChI is InChI=1S/C27H35F4N5O3/c1-5-36-22(11-12-32-36)24(37)34-23(18-9-7-6-8-10-18)25(38)33-21-13-16(2)19(14-20(21)28)17(3)26(39)35(4)15-27(29,30)31/h11-14,17-18,23H,5-10,15H2,1-4H3,(H,33,38)(H,34,37). The number of alkyl halides is 3. The molecule has 12 heteroatoms. The highest BCUT2D eigenvalue weighted by Gasteiger charge is 2.34. The van der Waals surface area contributed by atoms with Gasteiger partial charge in [0.15, 0.2) is 0 Å². The quantitative estimate of drug-likeness (QED) is 0.437. The number of hydrogen-bond acceptors (Lipinski definition) is 4. The number of amides is 3. The predicted molar refractivity (Wildman–Crippen MR) is 138 cm³/mol. The van der Waals surface area contributed by atoms with Gasteiger partial charge < -0.3 is 15.5 Å². The Balaban J connectivity index is 1.80. The van der Waals surface area contributed by atoms with Gasteiger partial charge in [-0.15, -0.1) is 0 Å². The van der Waals surface area contributed by atoms with Crippen molar-refractivity contribution in [2.75, 3.05) is 18.9 Å². The third-order valence-electron chi connectivity index (χ3n) is 7.18. The number of aromatic nitrogens is 2. The molecular weight excluding hydrogens is 518 g/mol. The molecule has 39 heavy (non-hydrogen) atoms. The van der Waals surface area contributed by atoms with Gasteiger partial charge >= 0.3 is 6.18 Å². The molecule has 2 atom stereocenters. The van der Waals surface area contributed by atoms with Gasteiger partial charge in [0.05, 0.1) is 11.6 Å². The van der Waals surface area contributed by atoms with Crippen LogP contribution >= 0.6 is 0 Å². The molecule has 2 unspecified atom stereocenters. The molecule has 0 aliphatic heterocycles. The second-order valence-electron chi connectivity index (χ2n) is 10.1. The Morgan fingerprint density at radius 1 is 1.18 bits per heavy atom. The van der Waals surface area contributed by atoms with Gasteiger partial charge in [0, 0.05) is 19.8 Å². The molecule has 3 amide bonds. The number of benzene rings is 1. The highest BCUT2D eigenvalue weighted by atomic mass is 19.4. The van der Waals surface area contributed by atoms with Gasteiger partial charge in [0.2, 0.25) is 11.8 Å². The number of nitrogens with zero attached hydrogens (tertiary/aromatic N) is 3. The fraction of sp³-hybridized carbons (Fsp3) is 0.556. The molecule has 214 valence electrons. The molecule has 1 aliphatic rings. The molecule has 0 bridgehead atoms. The van der Waals surface area contributed by atoms with Crippen LogP contribution in [0.25, 0.3) is 0 Å². The van der Waals surface area contributed by atoms with E-state index in [1.165, 1.54) is 23.9 Å². The Kier molecular flexibility index (Phi) is 9.73. The molecule has 0 spiro atoms. The zero-order valence-corrected chi connectivity index (χ0v) is 22.6. The van der Waals surface area contributed by atoms with Crippen LogP contribution in [0.5, 0.6) is 0 Å². The third-order valence-corrected chi connectivity index (χ3v) is 7.18. The normalized spacial score (nSPS) is 15.9. The van der Waals surface area contributed by atoms with Crippen molar-refractivity contribution >= 4 is 23.4 Å². The first kappa shape index (κ1) is 30.1. The van der Waals surface area contributed by atoms with Crippen molar-refractivity contribution in [1.82, 2.24) is 20.0 Å². The average Bonchev–Trinajstić information content (AvgIpc) is 3.37. The van der Waals surface area contributed by atoms with Crippen LogP contribution < -0.4 is 10.6 Å². The first-order valence-electron chi connectivity index (χ1n) is 13.1. The molecule has 0 saturated heterocycles. The van der Waals surface area contributed by atoms with Gasteiger partial charge in [-0.2, -0.15) is 18.3 Å². The van der Waals surface area contributed by atoms with E-state index in [9.17, 15) is 27.6 Å². The second-order valence-corrected chi connectivity index (χ2v) is 10.1. The molecule has 1 aliphatic carbocycles. The molecule has 3 rings (SSSR count). The van der Waals surface area contributed by atoms with Crippen LogP contribution in [-0.2, 0) is 16.1 Å². The van der Waals surface area contributed by atoms with E-state index in [-0.39, 0.29) is 17.2 Å². The van der Waals surface area contributed by atoms with Gasteiger partial charge in [-0.3, -0.25) is 19.1 Å². The smallest absolute Gasteiger partial charge is 0.339 e. The maximum absolute atomic E-state index is 15.2. The van der Waals surface area contributed by atoms with E-state index in [2.05, 4.69) is 15.7 Å². The summed E-state index contributed by atoms with van der Waals surface area (Å²) in [5, 5.41) is 9.49. The third kappa shape index (κ3) is 7.57. The number of carbonyl (C=O) groups is 3. The minimum absolute atomic E-state index is 0.133. The maximum Gasteiger partial charge on any atom is 0.406 e. The monoisotopic (exact) mass is 553 g/mol. The van der Waals surface area contributed by atoms with E-state index in [4.69, 9.17) is 0 Å². The van der Waals surface area contributed by atoms with Crippen molar-refractivity contribution in [2.24, 2.45) is 5.92 Å². The zero-order chi connectivity index (χ0) is 28.9. The number of hydrogen-bond donors (Lipinski definition) is 2. The summed E-state index contributed by atoms with van der Waals surface area (Å²) in [4.78, 5) is 39.5. The van der Waals surface area contributed by atoms with Crippen LogP contribution in [0.3, 0.4) is 0 Å². The van der Waals surface area contributed by atoms with E-state index in [0.29, 0.717) is 22.7 Å². The summed E-state index contributed by atoms with van der Waals surface area (Å²) in [5.41, 5.74) is 0.817. The van der Waals surface area contributed by atoms with Gasteiger partial charge in [0.1, 0.15) is 24.1 Å². The molecule has 1 saturated carbocycles. The Morgan fingerprint density at radius 3 is 2.46 bits per heavy atom. The van der Waals surface area contributed by atoms with Gasteiger partial charge in [0.25, 0.3) is 5.91 Å². The molecule has 1 aromatic carbocycles. The van der Waals surface area contributed by atoms with Crippen LogP contribution in [-0.4, -0.2) is 58.2 Å². The van der Waals surface area contributed by atoms with Crippen molar-refractivity contribution in [1.29, 1.82) is 0 Å². The Bertz CT molecular complexity index is 1190. The minimum Gasteiger partial charge on any atom is -0.339 e. The molecule has 1 heterocycles. The van der Waals surface area contributed by atoms with Gasteiger partial charge in [-0.05, 0) is 68.9 Å². The van der Waals surface area contributed by atoms with Gasteiger partial charge in [-0.1, -0.05) is 19.3 Å². The zero-order valence-electron chi connectivity index (χ0n) is 22.6. The fourth-order valence-electron chi connectivity index (χ4n) is 5.14. The molecule has 0 radical (unpaired) electrons. The van der Waals surface area contributed by atoms with Crippen molar-refractivity contribution in [3.8, 4) is 0 Å². The molecule has 1 aromatic heterocycles. The summed E-state index contributed by atoms with van der Waals surface area (Å²) in [6.45, 7) is 3.89. The number of rotatable bonds is 9. The Hall–Kier alpha value is -3.44. The lowest BCUT2D eigenvalue weighted by atomic mass is 9.83. The number of likely N-dealkylation sites (N-methyl/N-ethyl adjacent to an activating group) is 1. The van der Waals surface area contributed by atoms with Crippen LogP contribution in [0.2, 0.25) is 0 Å². The first-order valence-corrected chi connectivity index (χ1v) is 13.1. The van der Waals surface area contributed by atoms with Crippen LogP contribution in [0.1, 0.15) is 73.5 Å². The van der Waals surface area contributed by atoms with E-state index >= 15 is 4.39 Å². The Labute approximate surface area is 225 Å². The van der Waals surface area contributed by atoms with Crippen LogP contribution in [0, 0.1) is 18.7 Å². The Morgan fingerprint density at radius 2 is 1.85 bits per heavy atom. The summed E-state index contributed by atoms with van der Waals surface area (Å²) in [6.07, 6.45) is 1.27. The van der Waals surface area contributed by atoms with Crippen molar-refractivity contribution in [3.63, 3.8) is 0 Å². The molecule has 2 aromatic rings. The van der Waals surface area contributed by atoms with Crippen molar-refractivity contribution in [2.45, 2.75) is 77.6 Å². The molecule has 2 N–H and O–H groups in total. The summed E-state index contributed by atoms with van der Waals surface area (Å²) in [6, 6.07) is 3.06. The maximum atomic E-state index is 15.2. The fourth-order valence-corrected chi connectivity index (χ4v) is 5.14. The number of halogens is 4. The number of nitrogens with one attached hydrogen (secondary N) is 2. The van der Waals surface area contributed by atoms with Crippen LogP contribution in [0.4, 0.5) is 23.2 Å². The van der Waals surface area contributed by atoms with Crippen molar-refractivity contribution in [3.05, 3.63) is 47.0 Å². The summed E-state index contributed by atoms with van der Waals surface area (Å²) >= 11 is 0. The lowest BCUT2D eigenvalue weighted by Crippen LogP contribution is -2.49. The molecular formula is C27H35F4N5O3. The summed E-state index contributed by atoms with van der Waals surface area (Å²) < 4.78 is 54.8.